The molecule has 2 amide bonds. The van der Waals surface area contributed by atoms with E-state index in [4.69, 9.17) is 9.47 Å². The normalized spacial score (nSPS) is 10.3. The Morgan fingerprint density at radius 1 is 0.966 bits per heavy atom. The van der Waals surface area contributed by atoms with Gasteiger partial charge < -0.3 is 20.1 Å². The summed E-state index contributed by atoms with van der Waals surface area (Å²) in [5, 5.41) is 5.21. The van der Waals surface area contributed by atoms with Crippen molar-refractivity contribution in [2.75, 3.05) is 24.4 Å². The van der Waals surface area contributed by atoms with E-state index in [2.05, 4.69) is 20.6 Å². The molecule has 0 atom stereocenters. The van der Waals surface area contributed by atoms with E-state index < -0.39 is 18.5 Å². The standard InChI is InChI=1S/C20H18N4O5/c1-12(25)23-14-4-6-18(28-2)17(10-14)24-19(26)11-29-20(27)13-3-5-15-16(9-13)22-8-7-21-15/h3-10H,11H2,1-2H3,(H,23,25)(H,24,26). The molecule has 0 aliphatic carbocycles. The third-order valence-electron chi connectivity index (χ3n) is 3.83. The minimum Gasteiger partial charge on any atom is -0.495 e. The maximum atomic E-state index is 12.2. The van der Waals surface area contributed by atoms with Gasteiger partial charge in [0.15, 0.2) is 6.61 Å². The zero-order chi connectivity index (χ0) is 20.8. The number of rotatable bonds is 6. The lowest BCUT2D eigenvalue weighted by Gasteiger charge is -2.12. The number of hydrogen-bond donors (Lipinski definition) is 2. The highest BCUT2D eigenvalue weighted by atomic mass is 16.5. The fourth-order valence-corrected chi connectivity index (χ4v) is 2.58. The Morgan fingerprint density at radius 3 is 2.45 bits per heavy atom. The van der Waals surface area contributed by atoms with Crippen molar-refractivity contribution in [3.63, 3.8) is 0 Å². The predicted molar refractivity (Wildman–Crippen MR) is 106 cm³/mol. The van der Waals surface area contributed by atoms with Crippen molar-refractivity contribution in [2.24, 2.45) is 0 Å². The third-order valence-corrected chi connectivity index (χ3v) is 3.83. The molecule has 0 radical (unpaired) electrons. The summed E-state index contributed by atoms with van der Waals surface area (Å²) in [7, 11) is 1.45. The Balaban J connectivity index is 1.64. The summed E-state index contributed by atoms with van der Waals surface area (Å²) in [4.78, 5) is 43.9. The second-order valence-electron chi connectivity index (χ2n) is 5.98. The van der Waals surface area contributed by atoms with Crippen molar-refractivity contribution in [1.29, 1.82) is 0 Å². The summed E-state index contributed by atoms with van der Waals surface area (Å²) in [5.41, 5.74) is 2.28. The van der Waals surface area contributed by atoms with Gasteiger partial charge in [-0.3, -0.25) is 19.6 Å². The number of hydrogen-bond acceptors (Lipinski definition) is 7. The molecule has 3 rings (SSSR count). The molecule has 0 fully saturated rings. The van der Waals surface area contributed by atoms with E-state index >= 15 is 0 Å². The van der Waals surface area contributed by atoms with Crippen LogP contribution in [-0.2, 0) is 14.3 Å². The molecule has 0 unspecified atom stereocenters. The number of esters is 1. The van der Waals surface area contributed by atoms with Crippen molar-refractivity contribution in [3.05, 3.63) is 54.4 Å². The number of fused-ring (bicyclic) bond motifs is 1. The number of carbonyl (C=O) groups is 3. The second-order valence-corrected chi connectivity index (χ2v) is 5.98. The lowest BCUT2D eigenvalue weighted by molar-refractivity contribution is -0.119. The highest BCUT2D eigenvalue weighted by Crippen LogP contribution is 2.27. The minimum absolute atomic E-state index is 0.249. The van der Waals surface area contributed by atoms with E-state index in [0.29, 0.717) is 28.2 Å². The molecule has 0 aliphatic heterocycles. The zero-order valence-corrected chi connectivity index (χ0v) is 15.8. The van der Waals surface area contributed by atoms with Crippen LogP contribution in [0.5, 0.6) is 5.75 Å². The van der Waals surface area contributed by atoms with Crippen molar-refractivity contribution < 1.29 is 23.9 Å². The monoisotopic (exact) mass is 394 g/mol. The molecule has 0 aliphatic rings. The first-order chi connectivity index (χ1) is 14.0. The second kappa shape index (κ2) is 8.79. The Bertz CT molecular complexity index is 1080. The first-order valence-electron chi connectivity index (χ1n) is 8.59. The Labute approximate surface area is 166 Å². The summed E-state index contributed by atoms with van der Waals surface area (Å²) >= 11 is 0. The Hall–Kier alpha value is -4.01. The molecule has 0 saturated carbocycles. The number of benzene rings is 2. The predicted octanol–water partition coefficient (Wildman–Crippen LogP) is 2.39. The topological polar surface area (TPSA) is 120 Å². The van der Waals surface area contributed by atoms with Crippen LogP contribution in [0.3, 0.4) is 0 Å². The molecule has 148 valence electrons. The maximum absolute atomic E-state index is 12.2. The maximum Gasteiger partial charge on any atom is 0.338 e. The average Bonchev–Trinajstić information content (AvgIpc) is 2.71. The van der Waals surface area contributed by atoms with Gasteiger partial charge in [0.25, 0.3) is 5.91 Å². The van der Waals surface area contributed by atoms with E-state index in [0.717, 1.165) is 0 Å². The van der Waals surface area contributed by atoms with Crippen LogP contribution in [0.4, 0.5) is 11.4 Å². The first-order valence-corrected chi connectivity index (χ1v) is 8.59. The van der Waals surface area contributed by atoms with E-state index in [1.54, 1.807) is 42.6 Å². The Kier molecular flexibility index (Phi) is 5.98. The van der Waals surface area contributed by atoms with Crippen LogP contribution >= 0.6 is 0 Å². The third kappa shape index (κ3) is 5.04. The van der Waals surface area contributed by atoms with Gasteiger partial charge in [0.1, 0.15) is 5.75 Å². The molecule has 29 heavy (non-hydrogen) atoms. The highest BCUT2D eigenvalue weighted by molar-refractivity contribution is 5.98. The van der Waals surface area contributed by atoms with Gasteiger partial charge in [0.2, 0.25) is 5.91 Å². The quantitative estimate of drug-likeness (QED) is 0.616. The molecule has 0 saturated heterocycles. The molecule has 9 heteroatoms. The van der Waals surface area contributed by atoms with E-state index in [1.807, 2.05) is 0 Å². The van der Waals surface area contributed by atoms with Gasteiger partial charge in [-0.1, -0.05) is 0 Å². The molecule has 1 heterocycles. The van der Waals surface area contributed by atoms with Gasteiger partial charge in [-0.2, -0.15) is 0 Å². The number of ether oxygens (including phenoxy) is 2. The van der Waals surface area contributed by atoms with Crippen LogP contribution in [0.2, 0.25) is 0 Å². The summed E-state index contributed by atoms with van der Waals surface area (Å²) < 4.78 is 10.3. The smallest absolute Gasteiger partial charge is 0.338 e. The molecule has 9 nitrogen and oxygen atoms in total. The van der Waals surface area contributed by atoms with Gasteiger partial charge in [-0.25, -0.2) is 4.79 Å². The van der Waals surface area contributed by atoms with E-state index in [9.17, 15) is 14.4 Å². The number of carbonyl (C=O) groups excluding carboxylic acids is 3. The van der Waals surface area contributed by atoms with Gasteiger partial charge in [-0.05, 0) is 36.4 Å². The minimum atomic E-state index is -0.660. The van der Waals surface area contributed by atoms with Gasteiger partial charge >= 0.3 is 5.97 Å². The largest absolute Gasteiger partial charge is 0.495 e. The van der Waals surface area contributed by atoms with Crippen LogP contribution in [0, 0.1) is 0 Å². The number of methoxy groups -OCH3 is 1. The highest BCUT2D eigenvalue weighted by Gasteiger charge is 2.14. The number of nitrogens with one attached hydrogen (secondary N) is 2. The molecule has 1 aromatic heterocycles. The fraction of sp³-hybridized carbons (Fsp3) is 0.150. The molecule has 0 spiro atoms. The first kappa shape index (κ1) is 19.7. The fourth-order valence-electron chi connectivity index (χ4n) is 2.58. The number of aromatic nitrogens is 2. The van der Waals surface area contributed by atoms with E-state index in [-0.39, 0.29) is 11.5 Å². The molecule has 2 N–H and O–H groups in total. The van der Waals surface area contributed by atoms with Crippen molar-refractivity contribution in [2.45, 2.75) is 6.92 Å². The number of amides is 2. The SMILES string of the molecule is COc1ccc(NC(C)=O)cc1NC(=O)COC(=O)c1ccc2nccnc2c1. The van der Waals surface area contributed by atoms with Crippen LogP contribution in [0.25, 0.3) is 11.0 Å². The Morgan fingerprint density at radius 2 is 1.72 bits per heavy atom. The molecule has 3 aromatic rings. The van der Waals surface area contributed by atoms with Crippen molar-refractivity contribution in [3.8, 4) is 5.75 Å². The van der Waals surface area contributed by atoms with Crippen LogP contribution in [-0.4, -0.2) is 41.5 Å². The molecular weight excluding hydrogens is 376 g/mol. The zero-order valence-electron chi connectivity index (χ0n) is 15.8. The average molecular weight is 394 g/mol. The van der Waals surface area contributed by atoms with Crippen molar-refractivity contribution >= 4 is 40.2 Å². The number of anilines is 2. The summed E-state index contributed by atoms with van der Waals surface area (Å²) in [5.74, 6) is -1.07. The lowest BCUT2D eigenvalue weighted by atomic mass is 10.2. The summed E-state index contributed by atoms with van der Waals surface area (Å²) in [6.45, 7) is 0.880. The van der Waals surface area contributed by atoms with Crippen LogP contribution in [0.15, 0.2) is 48.8 Å². The van der Waals surface area contributed by atoms with Gasteiger partial charge in [-0.15, -0.1) is 0 Å². The van der Waals surface area contributed by atoms with Gasteiger partial charge in [0.05, 0.1) is 29.4 Å². The van der Waals surface area contributed by atoms with Gasteiger partial charge in [0, 0.05) is 25.0 Å². The van der Waals surface area contributed by atoms with Crippen LogP contribution in [0.1, 0.15) is 17.3 Å². The number of nitrogens with zero attached hydrogens (tertiary/aromatic N) is 2. The van der Waals surface area contributed by atoms with Crippen molar-refractivity contribution in [1.82, 2.24) is 9.97 Å². The lowest BCUT2D eigenvalue weighted by Crippen LogP contribution is -2.21. The molecule has 2 aromatic carbocycles. The van der Waals surface area contributed by atoms with E-state index in [1.165, 1.54) is 20.2 Å². The molecular formula is C20H18N4O5. The summed E-state index contributed by atoms with van der Waals surface area (Å²) in [6, 6.07) is 9.53. The molecule has 0 bridgehead atoms. The summed E-state index contributed by atoms with van der Waals surface area (Å²) in [6.07, 6.45) is 3.08. The van der Waals surface area contributed by atoms with Crippen LogP contribution < -0.4 is 15.4 Å².